The van der Waals surface area contributed by atoms with Crippen molar-refractivity contribution in [3.05, 3.63) is 53.6 Å². The molecule has 0 radical (unpaired) electrons. The first-order valence-corrected chi connectivity index (χ1v) is 6.10. The number of benzene rings is 2. The van der Waals surface area contributed by atoms with Crippen molar-refractivity contribution in [1.82, 2.24) is 0 Å². The number of hydrogen-bond donors (Lipinski definition) is 1. The van der Waals surface area contributed by atoms with Crippen molar-refractivity contribution in [2.45, 2.75) is 13.8 Å². The molecule has 0 fully saturated rings. The minimum atomic E-state index is 0.245. The predicted octanol–water partition coefficient (Wildman–Crippen LogP) is 3.85. The maximum Gasteiger partial charge on any atom is 0.124 e. The largest absolute Gasteiger partial charge is 0.507 e. The van der Waals surface area contributed by atoms with Crippen LogP contribution >= 0.6 is 0 Å². The molecule has 0 saturated carbocycles. The van der Waals surface area contributed by atoms with E-state index in [0.717, 1.165) is 28.3 Å². The summed E-state index contributed by atoms with van der Waals surface area (Å²) in [5.41, 5.74) is 3.44. The van der Waals surface area contributed by atoms with E-state index in [1.54, 1.807) is 19.2 Å². The quantitative estimate of drug-likeness (QED) is 0.846. The minimum Gasteiger partial charge on any atom is -0.507 e. The molecule has 0 saturated heterocycles. The highest BCUT2D eigenvalue weighted by Crippen LogP contribution is 2.25. The van der Waals surface area contributed by atoms with Crippen molar-refractivity contribution in [3.8, 4) is 11.5 Å². The van der Waals surface area contributed by atoms with E-state index in [4.69, 9.17) is 4.74 Å². The Balaban J connectivity index is 2.38. The van der Waals surface area contributed by atoms with Crippen molar-refractivity contribution < 1.29 is 9.84 Å². The molecule has 0 aliphatic rings. The molecule has 1 N–H and O–H groups in total. The van der Waals surface area contributed by atoms with E-state index in [2.05, 4.69) is 4.99 Å². The summed E-state index contributed by atoms with van der Waals surface area (Å²) in [5, 5.41) is 9.81. The van der Waals surface area contributed by atoms with Gasteiger partial charge in [0.1, 0.15) is 11.5 Å². The SMILES string of the molecule is COc1ccc(N=C(C)c2ccccc2O)c(C)c1. The molecule has 2 rings (SSSR count). The van der Waals surface area contributed by atoms with Gasteiger partial charge in [0.05, 0.1) is 12.8 Å². The number of phenolic OH excluding ortho intramolecular Hbond substituents is 1. The van der Waals surface area contributed by atoms with E-state index in [-0.39, 0.29) is 5.75 Å². The minimum absolute atomic E-state index is 0.245. The smallest absolute Gasteiger partial charge is 0.124 e. The Hall–Kier alpha value is -2.29. The maximum absolute atomic E-state index is 9.81. The van der Waals surface area contributed by atoms with Gasteiger partial charge < -0.3 is 9.84 Å². The Kier molecular flexibility index (Phi) is 3.85. The van der Waals surface area contributed by atoms with E-state index < -0.39 is 0 Å². The number of methoxy groups -OCH3 is 1. The molecule has 0 spiro atoms. The van der Waals surface area contributed by atoms with Crippen LogP contribution in [-0.2, 0) is 0 Å². The molecule has 98 valence electrons. The number of aromatic hydroxyl groups is 1. The number of rotatable bonds is 3. The van der Waals surface area contributed by atoms with Crippen molar-refractivity contribution in [1.29, 1.82) is 0 Å². The summed E-state index contributed by atoms with van der Waals surface area (Å²) < 4.78 is 5.17. The van der Waals surface area contributed by atoms with Crippen LogP contribution in [-0.4, -0.2) is 17.9 Å². The fourth-order valence-corrected chi connectivity index (χ4v) is 1.90. The number of nitrogens with zero attached hydrogens (tertiary/aromatic N) is 1. The lowest BCUT2D eigenvalue weighted by atomic mass is 10.1. The summed E-state index contributed by atoms with van der Waals surface area (Å²) >= 11 is 0. The normalized spacial score (nSPS) is 11.4. The first kappa shape index (κ1) is 13.1. The first-order valence-electron chi connectivity index (χ1n) is 6.10. The van der Waals surface area contributed by atoms with Gasteiger partial charge in [-0.3, -0.25) is 4.99 Å². The fraction of sp³-hybridized carbons (Fsp3) is 0.188. The van der Waals surface area contributed by atoms with Crippen LogP contribution in [0.15, 0.2) is 47.5 Å². The number of ether oxygens (including phenoxy) is 1. The Bertz CT molecular complexity index is 618. The van der Waals surface area contributed by atoms with Gasteiger partial charge in [0, 0.05) is 11.3 Å². The Labute approximate surface area is 113 Å². The summed E-state index contributed by atoms with van der Waals surface area (Å²) in [6, 6.07) is 12.9. The highest BCUT2D eigenvalue weighted by molar-refractivity contribution is 6.02. The molecular formula is C16H17NO2. The highest BCUT2D eigenvalue weighted by atomic mass is 16.5. The molecule has 0 heterocycles. The van der Waals surface area contributed by atoms with Gasteiger partial charge in [0.15, 0.2) is 0 Å². The molecule has 0 aliphatic heterocycles. The zero-order chi connectivity index (χ0) is 13.8. The molecule has 0 aliphatic carbocycles. The van der Waals surface area contributed by atoms with Crippen molar-refractivity contribution in [3.63, 3.8) is 0 Å². The van der Waals surface area contributed by atoms with Gasteiger partial charge in [-0.15, -0.1) is 0 Å². The van der Waals surface area contributed by atoms with Crippen LogP contribution < -0.4 is 4.74 Å². The topological polar surface area (TPSA) is 41.8 Å². The summed E-state index contributed by atoms with van der Waals surface area (Å²) in [4.78, 5) is 4.57. The zero-order valence-corrected chi connectivity index (χ0v) is 11.3. The van der Waals surface area contributed by atoms with Crippen LogP contribution in [0.1, 0.15) is 18.1 Å². The summed E-state index contributed by atoms with van der Waals surface area (Å²) in [6.07, 6.45) is 0. The molecular weight excluding hydrogens is 238 g/mol. The van der Waals surface area contributed by atoms with Crippen LogP contribution in [0.3, 0.4) is 0 Å². The van der Waals surface area contributed by atoms with Crippen LogP contribution in [0.2, 0.25) is 0 Å². The van der Waals surface area contributed by atoms with E-state index in [9.17, 15) is 5.11 Å². The van der Waals surface area contributed by atoms with Crippen molar-refractivity contribution in [2.24, 2.45) is 4.99 Å². The first-order chi connectivity index (χ1) is 9.11. The average Bonchev–Trinajstić information content (AvgIpc) is 2.41. The average molecular weight is 255 g/mol. The van der Waals surface area contributed by atoms with Crippen LogP contribution in [0, 0.1) is 6.92 Å². The third kappa shape index (κ3) is 2.94. The van der Waals surface area contributed by atoms with E-state index in [1.807, 2.05) is 44.2 Å². The Morgan fingerprint density at radius 2 is 1.89 bits per heavy atom. The van der Waals surface area contributed by atoms with Crippen LogP contribution in [0.5, 0.6) is 11.5 Å². The van der Waals surface area contributed by atoms with Crippen molar-refractivity contribution in [2.75, 3.05) is 7.11 Å². The van der Waals surface area contributed by atoms with Gasteiger partial charge >= 0.3 is 0 Å². The Morgan fingerprint density at radius 1 is 1.16 bits per heavy atom. The summed E-state index contributed by atoms with van der Waals surface area (Å²) in [5.74, 6) is 1.06. The van der Waals surface area contributed by atoms with Gasteiger partial charge in [-0.25, -0.2) is 0 Å². The molecule has 2 aromatic rings. The van der Waals surface area contributed by atoms with Gasteiger partial charge in [0.25, 0.3) is 0 Å². The number of hydrogen-bond acceptors (Lipinski definition) is 3. The van der Waals surface area contributed by atoms with Gasteiger partial charge in [-0.1, -0.05) is 12.1 Å². The molecule has 0 atom stereocenters. The Morgan fingerprint density at radius 3 is 2.53 bits per heavy atom. The van der Waals surface area contributed by atoms with Gasteiger partial charge in [0.2, 0.25) is 0 Å². The molecule has 2 aromatic carbocycles. The maximum atomic E-state index is 9.81. The highest BCUT2D eigenvalue weighted by Gasteiger charge is 2.05. The second-order valence-corrected chi connectivity index (χ2v) is 4.37. The van der Waals surface area contributed by atoms with E-state index in [0.29, 0.717) is 0 Å². The number of aryl methyl sites for hydroxylation is 1. The third-order valence-electron chi connectivity index (χ3n) is 2.99. The fourth-order valence-electron chi connectivity index (χ4n) is 1.90. The molecule has 3 heteroatoms. The number of aliphatic imine (C=N–C) groups is 1. The third-order valence-corrected chi connectivity index (χ3v) is 2.99. The number of phenols is 1. The predicted molar refractivity (Wildman–Crippen MR) is 77.7 cm³/mol. The molecule has 3 nitrogen and oxygen atoms in total. The van der Waals surface area contributed by atoms with Crippen molar-refractivity contribution >= 4 is 11.4 Å². The summed E-state index contributed by atoms with van der Waals surface area (Å²) in [6.45, 7) is 3.87. The van der Waals surface area contributed by atoms with Gasteiger partial charge in [-0.2, -0.15) is 0 Å². The van der Waals surface area contributed by atoms with Crippen LogP contribution in [0.25, 0.3) is 0 Å². The molecule has 0 amide bonds. The lowest BCUT2D eigenvalue weighted by Gasteiger charge is -2.07. The standard InChI is InChI=1S/C16H17NO2/c1-11-10-13(19-3)8-9-15(11)17-12(2)14-6-4-5-7-16(14)18/h4-10,18H,1-3H3. The lowest BCUT2D eigenvalue weighted by Crippen LogP contribution is -1.94. The monoisotopic (exact) mass is 255 g/mol. The second-order valence-electron chi connectivity index (χ2n) is 4.37. The second kappa shape index (κ2) is 5.57. The molecule has 0 aromatic heterocycles. The van der Waals surface area contributed by atoms with Gasteiger partial charge in [-0.05, 0) is 49.7 Å². The zero-order valence-electron chi connectivity index (χ0n) is 11.3. The molecule has 0 unspecified atom stereocenters. The lowest BCUT2D eigenvalue weighted by molar-refractivity contribution is 0.414. The van der Waals surface area contributed by atoms with E-state index >= 15 is 0 Å². The molecule has 19 heavy (non-hydrogen) atoms. The molecule has 0 bridgehead atoms. The number of para-hydroxylation sites is 1. The summed E-state index contributed by atoms with van der Waals surface area (Å²) in [7, 11) is 1.64. The van der Waals surface area contributed by atoms with Crippen LogP contribution in [0.4, 0.5) is 5.69 Å². The van der Waals surface area contributed by atoms with E-state index in [1.165, 1.54) is 0 Å².